The van der Waals surface area contributed by atoms with Crippen LogP contribution in [0.15, 0.2) is 18.3 Å². The SMILES string of the molecule is CCc1ccc(C(=O)CC(=O)c2cn(C)nc2C)s1. The molecule has 0 fully saturated rings. The molecule has 0 saturated carbocycles. The third-order valence-corrected chi connectivity index (χ3v) is 4.19. The van der Waals surface area contributed by atoms with Gasteiger partial charge in [-0.25, -0.2) is 0 Å². The maximum atomic E-state index is 12.1. The first kappa shape index (κ1) is 13.7. The van der Waals surface area contributed by atoms with Crippen molar-refractivity contribution in [1.82, 2.24) is 9.78 Å². The predicted octanol–water partition coefficient (Wildman–Crippen LogP) is 2.81. The molecule has 0 amide bonds. The van der Waals surface area contributed by atoms with Crippen molar-refractivity contribution in [2.45, 2.75) is 26.7 Å². The number of aromatic nitrogens is 2. The van der Waals surface area contributed by atoms with Crippen LogP contribution in [-0.4, -0.2) is 21.3 Å². The number of carbonyl (C=O) groups excluding carboxylic acids is 2. The van der Waals surface area contributed by atoms with Crippen LogP contribution in [0.25, 0.3) is 0 Å². The molecule has 2 rings (SSSR count). The quantitative estimate of drug-likeness (QED) is 0.623. The number of hydrogen-bond acceptors (Lipinski definition) is 4. The lowest BCUT2D eigenvalue weighted by molar-refractivity contribution is 0.0896. The summed E-state index contributed by atoms with van der Waals surface area (Å²) < 4.78 is 1.59. The van der Waals surface area contributed by atoms with Gasteiger partial charge in [-0.3, -0.25) is 14.3 Å². The van der Waals surface area contributed by atoms with E-state index in [1.807, 2.05) is 13.0 Å². The molecule has 0 aromatic carbocycles. The van der Waals surface area contributed by atoms with E-state index in [0.717, 1.165) is 11.3 Å². The Labute approximate surface area is 116 Å². The number of carbonyl (C=O) groups is 2. The van der Waals surface area contributed by atoms with E-state index in [1.165, 1.54) is 11.3 Å². The van der Waals surface area contributed by atoms with Crippen molar-refractivity contribution in [1.29, 1.82) is 0 Å². The van der Waals surface area contributed by atoms with E-state index in [4.69, 9.17) is 0 Å². The highest BCUT2D eigenvalue weighted by atomic mass is 32.1. The molecule has 19 heavy (non-hydrogen) atoms. The standard InChI is InChI=1S/C14H16N2O2S/c1-4-10-5-6-14(19-10)13(18)7-12(17)11-8-16(3)15-9(11)2/h5-6,8H,4,7H2,1-3H3. The summed E-state index contributed by atoms with van der Waals surface area (Å²) in [5, 5.41) is 4.12. The van der Waals surface area contributed by atoms with Crippen molar-refractivity contribution >= 4 is 22.9 Å². The molecule has 0 saturated heterocycles. The zero-order valence-electron chi connectivity index (χ0n) is 11.3. The minimum atomic E-state index is -0.165. The lowest BCUT2D eigenvalue weighted by Crippen LogP contribution is -2.07. The maximum absolute atomic E-state index is 12.1. The Morgan fingerprint density at radius 3 is 2.58 bits per heavy atom. The Morgan fingerprint density at radius 2 is 2.05 bits per heavy atom. The summed E-state index contributed by atoms with van der Waals surface area (Å²) in [5.74, 6) is -0.278. The summed E-state index contributed by atoms with van der Waals surface area (Å²) in [4.78, 5) is 25.9. The molecule has 0 N–H and O–H groups in total. The van der Waals surface area contributed by atoms with Gasteiger partial charge in [-0.05, 0) is 25.5 Å². The lowest BCUT2D eigenvalue weighted by atomic mass is 10.1. The molecule has 100 valence electrons. The van der Waals surface area contributed by atoms with E-state index < -0.39 is 0 Å². The van der Waals surface area contributed by atoms with E-state index in [1.54, 1.807) is 30.9 Å². The number of thiophene rings is 1. The summed E-state index contributed by atoms with van der Waals surface area (Å²) in [5.41, 5.74) is 1.20. The van der Waals surface area contributed by atoms with E-state index in [9.17, 15) is 9.59 Å². The van der Waals surface area contributed by atoms with Crippen LogP contribution in [0.3, 0.4) is 0 Å². The van der Waals surface area contributed by atoms with Crippen LogP contribution in [0.1, 0.15) is 43.9 Å². The number of nitrogens with zero attached hydrogens (tertiary/aromatic N) is 2. The molecule has 0 unspecified atom stereocenters. The van der Waals surface area contributed by atoms with Crippen molar-refractivity contribution < 1.29 is 9.59 Å². The molecule has 2 aromatic rings. The average molecular weight is 276 g/mol. The van der Waals surface area contributed by atoms with Gasteiger partial charge in [-0.1, -0.05) is 6.92 Å². The molecule has 2 aromatic heterocycles. The summed E-state index contributed by atoms with van der Waals surface area (Å²) >= 11 is 1.46. The number of hydrogen-bond donors (Lipinski definition) is 0. The fourth-order valence-electron chi connectivity index (χ4n) is 1.92. The van der Waals surface area contributed by atoms with Gasteiger partial charge in [0.1, 0.15) is 0 Å². The van der Waals surface area contributed by atoms with Gasteiger partial charge in [0, 0.05) is 18.1 Å². The molecule has 0 spiro atoms. The topological polar surface area (TPSA) is 52.0 Å². The molecule has 2 heterocycles. The zero-order valence-corrected chi connectivity index (χ0v) is 12.1. The van der Waals surface area contributed by atoms with Crippen LogP contribution < -0.4 is 0 Å². The highest BCUT2D eigenvalue weighted by Gasteiger charge is 2.18. The molecular formula is C14H16N2O2S. The van der Waals surface area contributed by atoms with E-state index in [2.05, 4.69) is 5.10 Å². The second-order valence-electron chi connectivity index (χ2n) is 4.44. The molecule has 0 aliphatic rings. The van der Waals surface area contributed by atoms with Gasteiger partial charge in [0.05, 0.1) is 22.6 Å². The lowest BCUT2D eigenvalue weighted by Gasteiger charge is -1.97. The maximum Gasteiger partial charge on any atom is 0.180 e. The van der Waals surface area contributed by atoms with Crippen LogP contribution >= 0.6 is 11.3 Å². The van der Waals surface area contributed by atoms with Gasteiger partial charge in [0.2, 0.25) is 0 Å². The van der Waals surface area contributed by atoms with E-state index in [0.29, 0.717) is 16.1 Å². The molecule has 4 nitrogen and oxygen atoms in total. The number of Topliss-reactive ketones (excluding diaryl/α,β-unsaturated/α-hetero) is 2. The summed E-state index contributed by atoms with van der Waals surface area (Å²) in [6.07, 6.45) is 2.49. The summed E-state index contributed by atoms with van der Waals surface area (Å²) in [6.45, 7) is 3.82. The molecular weight excluding hydrogens is 260 g/mol. The molecule has 0 bridgehead atoms. The first-order chi connectivity index (χ1) is 9.01. The Bertz CT molecular complexity index is 625. The normalized spacial score (nSPS) is 10.7. The van der Waals surface area contributed by atoms with Gasteiger partial charge in [0.15, 0.2) is 11.6 Å². The van der Waals surface area contributed by atoms with Crippen molar-refractivity contribution in [3.63, 3.8) is 0 Å². The van der Waals surface area contributed by atoms with Crippen molar-refractivity contribution in [2.75, 3.05) is 0 Å². The minimum Gasteiger partial charge on any atom is -0.294 e. The van der Waals surface area contributed by atoms with Crippen LogP contribution in [0.5, 0.6) is 0 Å². The third-order valence-electron chi connectivity index (χ3n) is 2.92. The number of ketones is 2. The molecule has 0 aliphatic carbocycles. The second kappa shape index (κ2) is 5.48. The van der Waals surface area contributed by atoms with Gasteiger partial charge >= 0.3 is 0 Å². The predicted molar refractivity (Wildman–Crippen MR) is 74.9 cm³/mol. The van der Waals surface area contributed by atoms with E-state index >= 15 is 0 Å². The van der Waals surface area contributed by atoms with Crippen LogP contribution in [0.4, 0.5) is 0 Å². The fourth-order valence-corrected chi connectivity index (χ4v) is 2.80. The van der Waals surface area contributed by atoms with Crippen molar-refractivity contribution in [2.24, 2.45) is 7.05 Å². The van der Waals surface area contributed by atoms with E-state index in [-0.39, 0.29) is 18.0 Å². The van der Waals surface area contributed by atoms with Crippen molar-refractivity contribution in [3.05, 3.63) is 39.3 Å². The third kappa shape index (κ3) is 2.98. The smallest absolute Gasteiger partial charge is 0.180 e. The summed E-state index contributed by atoms with van der Waals surface area (Å²) in [7, 11) is 1.76. The highest BCUT2D eigenvalue weighted by Crippen LogP contribution is 2.19. The first-order valence-electron chi connectivity index (χ1n) is 6.16. The van der Waals surface area contributed by atoms with Crippen LogP contribution in [-0.2, 0) is 13.5 Å². The first-order valence-corrected chi connectivity index (χ1v) is 6.98. The minimum absolute atomic E-state index is 0.0871. The number of rotatable bonds is 5. The largest absolute Gasteiger partial charge is 0.294 e. The van der Waals surface area contributed by atoms with Gasteiger partial charge in [-0.15, -0.1) is 11.3 Å². The van der Waals surface area contributed by atoms with Gasteiger partial charge < -0.3 is 0 Å². The zero-order chi connectivity index (χ0) is 14.0. The Kier molecular flexibility index (Phi) is 3.95. The van der Waals surface area contributed by atoms with Crippen LogP contribution in [0.2, 0.25) is 0 Å². The van der Waals surface area contributed by atoms with Gasteiger partial charge in [-0.2, -0.15) is 5.10 Å². The van der Waals surface area contributed by atoms with Crippen LogP contribution in [0, 0.1) is 6.92 Å². The molecule has 0 atom stereocenters. The molecule has 0 aliphatic heterocycles. The van der Waals surface area contributed by atoms with Crippen molar-refractivity contribution in [3.8, 4) is 0 Å². The highest BCUT2D eigenvalue weighted by molar-refractivity contribution is 7.14. The molecule has 0 radical (unpaired) electrons. The Hall–Kier alpha value is -1.75. The average Bonchev–Trinajstić information content (AvgIpc) is 2.95. The number of aryl methyl sites for hydroxylation is 3. The van der Waals surface area contributed by atoms with Gasteiger partial charge in [0.25, 0.3) is 0 Å². The fraction of sp³-hybridized carbons (Fsp3) is 0.357. The molecule has 5 heteroatoms. The monoisotopic (exact) mass is 276 g/mol. The Morgan fingerprint density at radius 1 is 1.32 bits per heavy atom. The Balaban J connectivity index is 2.10. The second-order valence-corrected chi connectivity index (χ2v) is 5.61. The summed E-state index contributed by atoms with van der Waals surface area (Å²) in [6, 6.07) is 3.74.